The monoisotopic (exact) mass is 342 g/mol. The summed E-state index contributed by atoms with van der Waals surface area (Å²) in [4.78, 5) is 27.6. The Hall–Kier alpha value is -2.79. The third-order valence-corrected chi connectivity index (χ3v) is 4.09. The molecule has 0 amide bonds. The average molecular weight is 343 g/mol. The summed E-state index contributed by atoms with van der Waals surface area (Å²) in [6, 6.07) is 12.0. The largest absolute Gasteiger partial charge is 0.462 e. The fraction of sp³-hybridized carbons (Fsp3) is 0.111. The van der Waals surface area contributed by atoms with E-state index >= 15 is 0 Å². The van der Waals surface area contributed by atoms with Gasteiger partial charge in [-0.3, -0.25) is 4.79 Å². The van der Waals surface area contributed by atoms with Crippen LogP contribution in [-0.4, -0.2) is 23.3 Å². The molecule has 3 rings (SSSR count). The zero-order chi connectivity index (χ0) is 17.3. The first-order valence-electron chi connectivity index (χ1n) is 7.41. The molecule has 1 aromatic heterocycles. The van der Waals surface area contributed by atoms with Crippen LogP contribution in [0, 0.1) is 0 Å². The number of hydrogen-bond donors (Lipinski definition) is 2. The normalized spacial score (nSPS) is 10.8. The van der Waals surface area contributed by atoms with E-state index in [1.807, 2.05) is 6.07 Å². The van der Waals surface area contributed by atoms with Gasteiger partial charge in [-0.05, 0) is 19.1 Å². The Balaban J connectivity index is 2.13. The van der Waals surface area contributed by atoms with Crippen LogP contribution in [0.15, 0.2) is 42.5 Å². The van der Waals surface area contributed by atoms with Crippen molar-refractivity contribution >= 4 is 39.9 Å². The molecule has 0 aliphatic heterocycles. The highest BCUT2D eigenvalue weighted by Gasteiger charge is 2.22. The molecule has 3 N–H and O–H groups in total. The molecule has 0 saturated carbocycles. The van der Waals surface area contributed by atoms with Crippen LogP contribution in [-0.2, 0) is 4.74 Å². The number of nitrogen functional groups attached to an aromatic ring is 1. The molecule has 3 aromatic rings. The van der Waals surface area contributed by atoms with Crippen LogP contribution in [0.1, 0.15) is 33.3 Å². The summed E-state index contributed by atoms with van der Waals surface area (Å²) in [5.74, 6) is -0.765. The number of esters is 1. The summed E-state index contributed by atoms with van der Waals surface area (Å²) in [5, 5.41) is 0.619. The number of nitrogens with two attached hydrogens (primary N) is 1. The number of halogens is 1. The molecule has 122 valence electrons. The first-order valence-corrected chi connectivity index (χ1v) is 7.79. The Morgan fingerprint density at radius 1 is 1.17 bits per heavy atom. The van der Waals surface area contributed by atoms with Crippen molar-refractivity contribution in [2.45, 2.75) is 6.92 Å². The highest BCUT2D eigenvalue weighted by atomic mass is 35.5. The molecule has 0 aliphatic rings. The lowest BCUT2D eigenvalue weighted by atomic mass is 10.1. The number of hydrogen-bond acceptors (Lipinski definition) is 4. The van der Waals surface area contributed by atoms with Crippen LogP contribution >= 0.6 is 11.6 Å². The van der Waals surface area contributed by atoms with Crippen molar-refractivity contribution < 1.29 is 14.3 Å². The van der Waals surface area contributed by atoms with Gasteiger partial charge in [0.15, 0.2) is 0 Å². The van der Waals surface area contributed by atoms with Gasteiger partial charge in [-0.15, -0.1) is 0 Å². The molecule has 0 atom stereocenters. The second-order valence-corrected chi connectivity index (χ2v) is 5.56. The number of anilines is 1. The Morgan fingerprint density at radius 3 is 2.54 bits per heavy atom. The summed E-state index contributed by atoms with van der Waals surface area (Å²) in [6.45, 7) is 1.96. The predicted molar refractivity (Wildman–Crippen MR) is 93.6 cm³/mol. The number of H-pyrrole nitrogens is 1. The van der Waals surface area contributed by atoms with E-state index in [0.29, 0.717) is 16.5 Å². The Kier molecular flexibility index (Phi) is 4.27. The molecular formula is C18H15ClN2O3. The Labute approximate surface area is 143 Å². The third-order valence-electron chi connectivity index (χ3n) is 3.70. The number of benzene rings is 2. The fourth-order valence-corrected chi connectivity index (χ4v) is 2.89. The second-order valence-electron chi connectivity index (χ2n) is 5.18. The standard InChI is InChI=1S/C18H15ClN2O3/c1-2-24-18(23)11-8-9-12-13(14(11)19)15(20)16(21-12)17(22)10-6-4-3-5-7-10/h3-9,21H,2,20H2,1H3. The van der Waals surface area contributed by atoms with Crippen LogP contribution in [0.4, 0.5) is 5.69 Å². The van der Waals surface area contributed by atoms with Gasteiger partial charge in [0.1, 0.15) is 5.69 Å². The van der Waals surface area contributed by atoms with Crippen molar-refractivity contribution in [1.82, 2.24) is 4.98 Å². The van der Waals surface area contributed by atoms with Crippen LogP contribution in [0.25, 0.3) is 10.9 Å². The molecule has 0 bridgehead atoms. The van der Waals surface area contributed by atoms with Crippen molar-refractivity contribution in [2.24, 2.45) is 0 Å². The summed E-state index contributed by atoms with van der Waals surface area (Å²) in [7, 11) is 0. The van der Waals surface area contributed by atoms with Crippen LogP contribution < -0.4 is 5.73 Å². The Morgan fingerprint density at radius 2 is 1.88 bits per heavy atom. The number of ether oxygens (including phenoxy) is 1. The molecule has 0 radical (unpaired) electrons. The maximum Gasteiger partial charge on any atom is 0.339 e. The highest BCUT2D eigenvalue weighted by Crippen LogP contribution is 2.35. The van der Waals surface area contributed by atoms with E-state index in [1.54, 1.807) is 43.3 Å². The number of nitrogens with one attached hydrogen (secondary N) is 1. The van der Waals surface area contributed by atoms with E-state index < -0.39 is 5.97 Å². The Bertz CT molecular complexity index is 932. The number of fused-ring (bicyclic) bond motifs is 1. The van der Waals surface area contributed by atoms with Gasteiger partial charge in [0, 0.05) is 16.5 Å². The maximum absolute atomic E-state index is 12.6. The van der Waals surface area contributed by atoms with Gasteiger partial charge in [-0.25, -0.2) is 4.79 Å². The van der Waals surface area contributed by atoms with E-state index in [4.69, 9.17) is 22.1 Å². The molecule has 6 heteroatoms. The number of rotatable bonds is 4. The van der Waals surface area contributed by atoms with Crippen molar-refractivity contribution in [3.05, 3.63) is 64.3 Å². The van der Waals surface area contributed by atoms with Gasteiger partial charge in [-0.2, -0.15) is 0 Å². The van der Waals surface area contributed by atoms with Gasteiger partial charge in [-0.1, -0.05) is 41.9 Å². The van der Waals surface area contributed by atoms with E-state index in [-0.39, 0.29) is 34.4 Å². The number of aromatic amines is 1. The summed E-state index contributed by atoms with van der Waals surface area (Å²) < 4.78 is 4.98. The molecule has 2 aromatic carbocycles. The minimum absolute atomic E-state index is 0.173. The smallest absolute Gasteiger partial charge is 0.339 e. The maximum atomic E-state index is 12.6. The third kappa shape index (κ3) is 2.63. The molecule has 0 spiro atoms. The molecule has 5 nitrogen and oxygen atoms in total. The van der Waals surface area contributed by atoms with Gasteiger partial charge in [0.25, 0.3) is 0 Å². The molecule has 0 fully saturated rings. The van der Waals surface area contributed by atoms with Crippen LogP contribution in [0.2, 0.25) is 5.02 Å². The van der Waals surface area contributed by atoms with Gasteiger partial charge < -0.3 is 15.5 Å². The van der Waals surface area contributed by atoms with Crippen LogP contribution in [0.5, 0.6) is 0 Å². The number of carbonyl (C=O) groups excluding carboxylic acids is 2. The molecule has 0 aliphatic carbocycles. The summed E-state index contributed by atoms with van der Waals surface area (Å²) >= 11 is 6.33. The predicted octanol–water partition coefficient (Wildman–Crippen LogP) is 3.81. The van der Waals surface area contributed by atoms with Crippen LogP contribution in [0.3, 0.4) is 0 Å². The lowest BCUT2D eigenvalue weighted by Gasteiger charge is -2.05. The zero-order valence-corrected chi connectivity index (χ0v) is 13.7. The van der Waals surface area contributed by atoms with E-state index in [0.717, 1.165) is 0 Å². The number of carbonyl (C=O) groups is 2. The topological polar surface area (TPSA) is 85.2 Å². The lowest BCUT2D eigenvalue weighted by Crippen LogP contribution is -2.06. The molecule has 0 saturated heterocycles. The number of aromatic nitrogens is 1. The molecule has 0 unspecified atom stereocenters. The second kappa shape index (κ2) is 6.37. The van der Waals surface area contributed by atoms with Gasteiger partial charge in [0.2, 0.25) is 5.78 Å². The fourth-order valence-electron chi connectivity index (χ4n) is 2.55. The average Bonchev–Trinajstić information content (AvgIpc) is 2.93. The van der Waals surface area contributed by atoms with Gasteiger partial charge >= 0.3 is 5.97 Å². The van der Waals surface area contributed by atoms with Crippen molar-refractivity contribution in [3.63, 3.8) is 0 Å². The first kappa shape index (κ1) is 16.1. The molecule has 24 heavy (non-hydrogen) atoms. The van der Waals surface area contributed by atoms with E-state index in [9.17, 15) is 9.59 Å². The molecule has 1 heterocycles. The minimum Gasteiger partial charge on any atom is -0.462 e. The lowest BCUT2D eigenvalue weighted by molar-refractivity contribution is 0.0526. The SMILES string of the molecule is CCOC(=O)c1ccc2[nH]c(C(=O)c3ccccc3)c(N)c2c1Cl. The summed E-state index contributed by atoms with van der Waals surface area (Å²) in [5.41, 5.74) is 7.92. The van der Waals surface area contributed by atoms with E-state index in [1.165, 1.54) is 0 Å². The van der Waals surface area contributed by atoms with Crippen molar-refractivity contribution in [1.29, 1.82) is 0 Å². The summed E-state index contributed by atoms with van der Waals surface area (Å²) in [6.07, 6.45) is 0. The zero-order valence-electron chi connectivity index (χ0n) is 12.9. The van der Waals surface area contributed by atoms with E-state index in [2.05, 4.69) is 4.98 Å². The van der Waals surface area contributed by atoms with Crippen molar-refractivity contribution in [3.8, 4) is 0 Å². The van der Waals surface area contributed by atoms with Crippen molar-refractivity contribution in [2.75, 3.05) is 12.3 Å². The first-order chi connectivity index (χ1) is 11.5. The number of ketones is 1. The minimum atomic E-state index is -0.527. The quantitative estimate of drug-likeness (QED) is 0.557. The highest BCUT2D eigenvalue weighted by molar-refractivity contribution is 6.40. The van der Waals surface area contributed by atoms with Gasteiger partial charge in [0.05, 0.1) is 22.9 Å². The molecular weight excluding hydrogens is 328 g/mol.